The van der Waals surface area contributed by atoms with Gasteiger partial charge in [-0.15, -0.1) is 11.3 Å². The molecule has 0 bridgehead atoms. The van der Waals surface area contributed by atoms with Gasteiger partial charge in [-0.2, -0.15) is 5.10 Å². The summed E-state index contributed by atoms with van der Waals surface area (Å²) >= 11 is 0.985. The molecule has 0 aliphatic rings. The summed E-state index contributed by atoms with van der Waals surface area (Å²) in [5.41, 5.74) is 2.25. The quantitative estimate of drug-likeness (QED) is 0.802. The summed E-state index contributed by atoms with van der Waals surface area (Å²) < 4.78 is 11.4. The fourth-order valence-electron chi connectivity index (χ4n) is 2.61. The molecule has 0 unspecified atom stereocenters. The lowest BCUT2D eigenvalue weighted by molar-refractivity contribution is 0.0531. The normalized spacial score (nSPS) is 10.5. The van der Waals surface area contributed by atoms with E-state index in [4.69, 9.17) is 9.47 Å². The molecular formula is C17H21N3O5S. The van der Waals surface area contributed by atoms with E-state index in [2.05, 4.69) is 10.4 Å². The highest BCUT2D eigenvalue weighted by Crippen LogP contribution is 2.34. The molecule has 1 N–H and O–H groups in total. The van der Waals surface area contributed by atoms with E-state index in [1.165, 1.54) is 7.11 Å². The van der Waals surface area contributed by atoms with Gasteiger partial charge in [0.1, 0.15) is 9.88 Å². The maximum atomic E-state index is 12.7. The minimum absolute atomic E-state index is 0.146. The number of carbonyl (C=O) groups is 3. The van der Waals surface area contributed by atoms with E-state index in [1.807, 2.05) is 0 Å². The van der Waals surface area contributed by atoms with Gasteiger partial charge in [-0.1, -0.05) is 0 Å². The fourth-order valence-corrected chi connectivity index (χ4v) is 3.69. The number of nitrogens with one attached hydrogen (secondary N) is 1. The lowest BCUT2D eigenvalue weighted by atomic mass is 10.1. The van der Waals surface area contributed by atoms with Gasteiger partial charge in [0, 0.05) is 12.7 Å². The third-order valence-corrected chi connectivity index (χ3v) is 5.15. The molecule has 0 atom stereocenters. The Morgan fingerprint density at radius 3 is 2.31 bits per heavy atom. The second-order valence-corrected chi connectivity index (χ2v) is 6.62. The molecule has 26 heavy (non-hydrogen) atoms. The molecule has 0 saturated heterocycles. The molecule has 0 aliphatic heterocycles. The van der Waals surface area contributed by atoms with Gasteiger partial charge >= 0.3 is 11.9 Å². The largest absolute Gasteiger partial charge is 0.465 e. The predicted octanol–water partition coefficient (Wildman–Crippen LogP) is 2.62. The van der Waals surface area contributed by atoms with Crippen LogP contribution in [0.25, 0.3) is 0 Å². The molecule has 2 heterocycles. The molecule has 0 saturated carbocycles. The summed E-state index contributed by atoms with van der Waals surface area (Å²) in [6.45, 7) is 7.02. The zero-order chi connectivity index (χ0) is 19.6. The Labute approximate surface area is 155 Å². The standard InChI is InChI=1S/C17H21N3O5S/c1-7-25-17(23)13-8(2)11(16(22)24-6)15(26-13)18-14(21)12-9(3)19-20(5)10(12)4/h7H2,1-6H3,(H,18,21). The molecule has 2 rings (SSSR count). The fraction of sp³-hybridized carbons (Fsp3) is 0.412. The first kappa shape index (κ1) is 19.6. The van der Waals surface area contributed by atoms with E-state index in [0.717, 1.165) is 11.3 Å². The summed E-state index contributed by atoms with van der Waals surface area (Å²) in [7, 11) is 2.98. The highest BCUT2D eigenvalue weighted by molar-refractivity contribution is 7.18. The van der Waals surface area contributed by atoms with E-state index in [1.54, 1.807) is 39.4 Å². The Morgan fingerprint density at radius 2 is 1.81 bits per heavy atom. The smallest absolute Gasteiger partial charge is 0.348 e. The van der Waals surface area contributed by atoms with Gasteiger partial charge in [-0.25, -0.2) is 9.59 Å². The number of hydrogen-bond acceptors (Lipinski definition) is 7. The summed E-state index contributed by atoms with van der Waals surface area (Å²) in [4.78, 5) is 37.3. The number of anilines is 1. The number of aryl methyl sites for hydroxylation is 2. The molecule has 0 fully saturated rings. The topological polar surface area (TPSA) is 99.5 Å². The predicted molar refractivity (Wildman–Crippen MR) is 97.0 cm³/mol. The van der Waals surface area contributed by atoms with Crippen molar-refractivity contribution in [1.29, 1.82) is 0 Å². The average Bonchev–Trinajstić information content (AvgIpc) is 3.03. The van der Waals surface area contributed by atoms with Crippen molar-refractivity contribution in [1.82, 2.24) is 9.78 Å². The first-order valence-electron chi connectivity index (χ1n) is 7.93. The first-order chi connectivity index (χ1) is 12.2. The van der Waals surface area contributed by atoms with Crippen LogP contribution in [0.15, 0.2) is 0 Å². The van der Waals surface area contributed by atoms with E-state index >= 15 is 0 Å². The SMILES string of the molecule is CCOC(=O)c1sc(NC(=O)c2c(C)nn(C)c2C)c(C(=O)OC)c1C. The molecule has 8 nitrogen and oxygen atoms in total. The van der Waals surface area contributed by atoms with Crippen molar-refractivity contribution in [2.24, 2.45) is 7.05 Å². The van der Waals surface area contributed by atoms with Gasteiger partial charge in [-0.05, 0) is 33.3 Å². The van der Waals surface area contributed by atoms with Crippen LogP contribution < -0.4 is 5.32 Å². The molecule has 9 heteroatoms. The molecule has 0 aliphatic carbocycles. The van der Waals surface area contributed by atoms with Gasteiger partial charge in [-0.3, -0.25) is 9.48 Å². The van der Waals surface area contributed by atoms with Gasteiger partial charge in [0.05, 0.1) is 30.5 Å². The molecular weight excluding hydrogens is 358 g/mol. The minimum atomic E-state index is -0.635. The lowest BCUT2D eigenvalue weighted by Crippen LogP contribution is -2.16. The van der Waals surface area contributed by atoms with Crippen molar-refractivity contribution in [3.8, 4) is 0 Å². The van der Waals surface area contributed by atoms with Crippen molar-refractivity contribution in [3.05, 3.63) is 33.0 Å². The molecule has 0 spiro atoms. The number of esters is 2. The van der Waals surface area contributed by atoms with Crippen LogP contribution in [0.2, 0.25) is 0 Å². The number of thiophene rings is 1. The molecule has 2 aromatic heterocycles. The van der Waals surface area contributed by atoms with Crippen molar-refractivity contribution < 1.29 is 23.9 Å². The molecule has 1 amide bonds. The maximum absolute atomic E-state index is 12.7. The Morgan fingerprint density at radius 1 is 1.15 bits per heavy atom. The monoisotopic (exact) mass is 379 g/mol. The van der Waals surface area contributed by atoms with Gasteiger partial charge in [0.15, 0.2) is 0 Å². The number of carbonyl (C=O) groups excluding carboxylic acids is 3. The van der Waals surface area contributed by atoms with E-state index in [9.17, 15) is 14.4 Å². The number of amides is 1. The van der Waals surface area contributed by atoms with E-state index < -0.39 is 17.8 Å². The molecule has 140 valence electrons. The highest BCUT2D eigenvalue weighted by Gasteiger charge is 2.28. The Balaban J connectivity index is 2.47. The van der Waals surface area contributed by atoms with Crippen LogP contribution in [0.5, 0.6) is 0 Å². The van der Waals surface area contributed by atoms with Crippen LogP contribution in [0.1, 0.15) is 54.3 Å². The second kappa shape index (κ2) is 7.69. The van der Waals surface area contributed by atoms with Crippen LogP contribution in [0, 0.1) is 20.8 Å². The van der Waals surface area contributed by atoms with Gasteiger partial charge in [0.2, 0.25) is 0 Å². The zero-order valence-electron chi connectivity index (χ0n) is 15.6. The molecule has 0 radical (unpaired) electrons. The highest BCUT2D eigenvalue weighted by atomic mass is 32.1. The number of nitrogens with zero attached hydrogens (tertiary/aromatic N) is 2. The summed E-state index contributed by atoms with van der Waals surface area (Å²) in [6.07, 6.45) is 0. The van der Waals surface area contributed by atoms with Crippen molar-refractivity contribution in [2.75, 3.05) is 19.0 Å². The number of rotatable bonds is 5. The van der Waals surface area contributed by atoms with Gasteiger partial charge in [0.25, 0.3) is 5.91 Å². The third kappa shape index (κ3) is 3.48. The van der Waals surface area contributed by atoms with Crippen LogP contribution >= 0.6 is 11.3 Å². The van der Waals surface area contributed by atoms with Crippen molar-refractivity contribution in [3.63, 3.8) is 0 Å². The number of aromatic nitrogens is 2. The van der Waals surface area contributed by atoms with Gasteiger partial charge < -0.3 is 14.8 Å². The molecule has 2 aromatic rings. The molecule has 0 aromatic carbocycles. The zero-order valence-corrected chi connectivity index (χ0v) is 16.4. The lowest BCUT2D eigenvalue weighted by Gasteiger charge is -2.06. The van der Waals surface area contributed by atoms with Crippen LogP contribution in [-0.2, 0) is 16.5 Å². The average molecular weight is 379 g/mol. The van der Waals surface area contributed by atoms with E-state index in [0.29, 0.717) is 22.5 Å². The summed E-state index contributed by atoms with van der Waals surface area (Å²) in [6, 6.07) is 0. The van der Waals surface area contributed by atoms with Crippen LogP contribution in [-0.4, -0.2) is 41.3 Å². The number of ether oxygens (including phenoxy) is 2. The van der Waals surface area contributed by atoms with Crippen molar-refractivity contribution in [2.45, 2.75) is 27.7 Å². The Hall–Kier alpha value is -2.68. The number of hydrogen-bond donors (Lipinski definition) is 1. The maximum Gasteiger partial charge on any atom is 0.348 e. The first-order valence-corrected chi connectivity index (χ1v) is 8.74. The summed E-state index contributed by atoms with van der Waals surface area (Å²) in [5, 5.41) is 7.17. The van der Waals surface area contributed by atoms with Crippen molar-refractivity contribution >= 4 is 34.2 Å². The third-order valence-electron chi connectivity index (χ3n) is 3.96. The number of methoxy groups -OCH3 is 1. The van der Waals surface area contributed by atoms with Crippen LogP contribution in [0.3, 0.4) is 0 Å². The Kier molecular flexibility index (Phi) is 5.81. The van der Waals surface area contributed by atoms with Crippen LogP contribution in [0.4, 0.5) is 5.00 Å². The second-order valence-electron chi connectivity index (χ2n) is 5.60. The van der Waals surface area contributed by atoms with E-state index in [-0.39, 0.29) is 22.0 Å². The summed E-state index contributed by atoms with van der Waals surface area (Å²) in [5.74, 6) is -1.59. The Bertz CT molecular complexity index is 882. The minimum Gasteiger partial charge on any atom is -0.465 e.